The van der Waals surface area contributed by atoms with Gasteiger partial charge < -0.3 is 4.74 Å². The van der Waals surface area contributed by atoms with Crippen molar-refractivity contribution in [2.45, 2.75) is 78.6 Å². The molecule has 11 aromatic carbocycles. The number of benzene rings is 11. The van der Waals surface area contributed by atoms with Gasteiger partial charge in [0.25, 0.3) is 11.4 Å². The second-order valence-corrected chi connectivity index (χ2v) is 35.0. The summed E-state index contributed by atoms with van der Waals surface area (Å²) in [5.74, 6) is 2.30. The van der Waals surface area contributed by atoms with Crippen LogP contribution in [0.3, 0.4) is 0 Å². The van der Waals surface area contributed by atoms with Crippen molar-refractivity contribution in [1.29, 1.82) is 0 Å². The number of ether oxygens (including phenoxy) is 1. The molecule has 1 aliphatic heterocycles. The summed E-state index contributed by atoms with van der Waals surface area (Å²) in [7, 11) is -5.97. The van der Waals surface area contributed by atoms with Gasteiger partial charge in [0.05, 0.1) is 17.1 Å². The first-order valence-corrected chi connectivity index (χ1v) is 35.8. The van der Waals surface area contributed by atoms with Crippen molar-refractivity contribution >= 4 is 108 Å². The molecule has 0 spiro atoms. The van der Waals surface area contributed by atoms with Gasteiger partial charge in [-0.25, -0.2) is 4.98 Å². The molecular formula is C84H76N4OSi2+2. The second kappa shape index (κ2) is 23.1. The van der Waals surface area contributed by atoms with Crippen molar-refractivity contribution in [3.63, 3.8) is 0 Å². The van der Waals surface area contributed by atoms with Crippen molar-refractivity contribution in [3.8, 4) is 17.3 Å². The summed E-state index contributed by atoms with van der Waals surface area (Å²) < 4.78 is 14.1. The lowest BCUT2D eigenvalue weighted by Crippen LogP contribution is -2.75. The quantitative estimate of drug-likeness (QED) is 0.0655. The van der Waals surface area contributed by atoms with E-state index in [2.05, 4.69) is 373 Å². The van der Waals surface area contributed by atoms with Gasteiger partial charge in [-0.2, -0.15) is 0 Å². The van der Waals surface area contributed by atoms with Crippen LogP contribution in [0.1, 0.15) is 79.0 Å². The molecule has 0 fully saturated rings. The molecule has 0 atom stereocenters. The third-order valence-electron chi connectivity index (χ3n) is 18.6. The predicted molar refractivity (Wildman–Crippen MR) is 389 cm³/mol. The van der Waals surface area contributed by atoms with Crippen molar-refractivity contribution in [2.24, 2.45) is 0 Å². The molecule has 0 bridgehead atoms. The van der Waals surface area contributed by atoms with Gasteiger partial charge in [0, 0.05) is 52.5 Å². The molecule has 0 amide bonds. The Labute approximate surface area is 538 Å². The minimum absolute atomic E-state index is 0.0962. The second-order valence-electron chi connectivity index (χ2n) is 27.4. The zero-order valence-corrected chi connectivity index (χ0v) is 55.5. The zero-order valence-electron chi connectivity index (χ0n) is 53.5. The van der Waals surface area contributed by atoms with Crippen LogP contribution in [0.5, 0.6) is 11.5 Å². The number of hydrogen-bond donors (Lipinski definition) is 0. The molecule has 0 unspecified atom stereocenters. The average Bonchev–Trinajstić information content (AvgIpc) is 1.70. The number of fused-ring (bicyclic) bond motifs is 4. The monoisotopic (exact) mass is 1210 g/mol. The molecule has 0 radical (unpaired) electrons. The molecule has 3 heterocycles. The lowest BCUT2D eigenvalue weighted by molar-refractivity contribution is 0.483. The molecular weight excluding hydrogens is 1140 g/mol. The van der Waals surface area contributed by atoms with Gasteiger partial charge in [0.1, 0.15) is 17.3 Å². The van der Waals surface area contributed by atoms with E-state index in [1.165, 1.54) is 58.2 Å². The molecule has 444 valence electrons. The van der Waals surface area contributed by atoms with E-state index in [9.17, 15) is 0 Å². The van der Waals surface area contributed by atoms with Crippen molar-refractivity contribution in [1.82, 2.24) is 18.7 Å². The van der Waals surface area contributed by atoms with E-state index < -0.39 is 16.1 Å². The van der Waals surface area contributed by atoms with Gasteiger partial charge >= 0.3 is 6.01 Å². The first-order valence-electron chi connectivity index (χ1n) is 31.8. The first-order chi connectivity index (χ1) is 44.0. The van der Waals surface area contributed by atoms with E-state index in [-0.39, 0.29) is 16.2 Å². The first kappa shape index (κ1) is 58.7. The number of hydrogen-bond acceptors (Lipinski definition) is 2. The number of nitrogens with zero attached hydrogens (tertiary/aromatic N) is 4. The van der Waals surface area contributed by atoms with Gasteiger partial charge in [-0.3, -0.25) is 4.57 Å². The molecule has 14 rings (SSSR count). The van der Waals surface area contributed by atoms with Crippen LogP contribution < -0.4 is 55.4 Å². The summed E-state index contributed by atoms with van der Waals surface area (Å²) >= 11 is 0. The Morgan fingerprint density at radius 1 is 0.352 bits per heavy atom. The lowest BCUT2D eigenvalue weighted by atomic mass is 9.80. The van der Waals surface area contributed by atoms with Crippen LogP contribution in [0.15, 0.2) is 297 Å². The Balaban J connectivity index is 0.960. The smallest absolute Gasteiger partial charge is 0.457 e. The Morgan fingerprint density at radius 2 is 0.835 bits per heavy atom. The summed E-state index contributed by atoms with van der Waals surface area (Å²) in [4.78, 5) is 5.15. The maximum Gasteiger partial charge on any atom is 0.503 e. The molecule has 91 heavy (non-hydrogen) atoms. The highest BCUT2D eigenvalue weighted by atomic mass is 28.3. The van der Waals surface area contributed by atoms with Crippen LogP contribution >= 0.6 is 0 Å². The number of rotatable bonds is 13. The Hall–Kier alpha value is -10.0. The van der Waals surface area contributed by atoms with Crippen LogP contribution in [-0.2, 0) is 16.2 Å². The van der Waals surface area contributed by atoms with Crippen LogP contribution in [0.2, 0.25) is 0 Å². The fraction of sp³-hybridized carbons (Fsp3) is 0.143. The van der Waals surface area contributed by atoms with E-state index >= 15 is 0 Å². The Kier molecular flexibility index (Phi) is 14.9. The Morgan fingerprint density at radius 3 is 1.34 bits per heavy atom. The maximum atomic E-state index is 7.17. The van der Waals surface area contributed by atoms with Crippen molar-refractivity contribution in [2.75, 3.05) is 0 Å². The number of pyridine rings is 1. The highest BCUT2D eigenvalue weighted by Gasteiger charge is 2.51. The normalized spacial score (nSPS) is 12.8. The van der Waals surface area contributed by atoms with E-state index in [1.807, 2.05) is 6.20 Å². The predicted octanol–water partition coefficient (Wildman–Crippen LogP) is 15.5. The maximum absolute atomic E-state index is 7.17. The van der Waals surface area contributed by atoms with Crippen molar-refractivity contribution in [3.05, 3.63) is 314 Å². The minimum atomic E-state index is -3.10. The summed E-state index contributed by atoms with van der Waals surface area (Å²) in [5, 5.41) is 12.8. The summed E-state index contributed by atoms with van der Waals surface area (Å²) in [5.41, 5.74) is 9.69. The van der Waals surface area contributed by atoms with E-state index in [0.717, 1.165) is 56.1 Å². The highest BCUT2D eigenvalue weighted by molar-refractivity contribution is 7.21. The topological polar surface area (TPSA) is 33.1 Å². The highest BCUT2D eigenvalue weighted by Crippen LogP contribution is 2.42. The van der Waals surface area contributed by atoms with E-state index in [1.54, 1.807) is 0 Å². The third-order valence-corrected chi connectivity index (χ3v) is 28.1. The van der Waals surface area contributed by atoms with Crippen LogP contribution in [0.25, 0.3) is 27.6 Å². The Bertz CT molecular complexity index is 4700. The third kappa shape index (κ3) is 10.4. The fourth-order valence-electron chi connectivity index (χ4n) is 13.9. The largest absolute Gasteiger partial charge is 0.503 e. The molecule has 0 N–H and O–H groups in total. The molecule has 5 nitrogen and oxygen atoms in total. The molecule has 0 saturated carbocycles. The van der Waals surface area contributed by atoms with Gasteiger partial charge in [-0.15, -0.1) is 0 Å². The lowest BCUT2D eigenvalue weighted by Gasteiger charge is -2.34. The molecule has 0 saturated heterocycles. The summed E-state index contributed by atoms with van der Waals surface area (Å²) in [6.45, 7) is 20.7. The zero-order chi connectivity index (χ0) is 62.7. The molecule has 2 aromatic heterocycles. The van der Waals surface area contributed by atoms with Gasteiger partial charge in [-0.1, -0.05) is 281 Å². The van der Waals surface area contributed by atoms with Gasteiger partial charge in [0.15, 0.2) is 16.1 Å². The number of para-hydroxylation sites is 1. The molecule has 13 aromatic rings. The standard InChI is InChI=1S/C84H76N4OSi2/c1-82(2,3)60-50-51-85-80(55-60)88-76-49-47-73(90(67-32-16-10-17-33-67,68-34-18-11-19-35-68)69-36-20-12-21-37-69)58-75(76)74-48-46-66(57-78(74)88)89-65-31-28-30-63(56-65)86-59-87(64-53-61(83(4,5)6)52-62(54-64)84(7,8)9)81-77(86)44-29-45-79(81)91(70-38-22-13-23-39-70,71-40-24-14-25-41-71)72-42-26-15-27-43-72/h10-58H,1-9H3/q+2. The summed E-state index contributed by atoms with van der Waals surface area (Å²) in [6, 6.07) is 112. The molecule has 1 aliphatic rings. The SMILES string of the molecule is CC(C)(C)c1cc([N+]2=C=[N+](c3cccc(Oc4ccc5c6cc([Si](c7ccccc7)(c7ccccc7)c7ccccc7)ccc6n(-c6cc(C(C)(C)C)ccn6)c5c4)c3)c3cccc([Si](c4ccccc4)(c4ccccc4)c4ccccc4)c32)cc(C(C)(C)C)c1. The van der Waals surface area contributed by atoms with Crippen molar-refractivity contribution < 1.29 is 4.74 Å². The summed E-state index contributed by atoms with van der Waals surface area (Å²) in [6.07, 6.45) is 1.96. The van der Waals surface area contributed by atoms with E-state index in [4.69, 9.17) is 9.72 Å². The van der Waals surface area contributed by atoms with Gasteiger partial charge in [0.2, 0.25) is 11.4 Å². The van der Waals surface area contributed by atoms with Gasteiger partial charge in [-0.05, 0) is 115 Å². The van der Waals surface area contributed by atoms with Crippen LogP contribution in [-0.4, -0.2) is 31.7 Å². The van der Waals surface area contributed by atoms with Crippen LogP contribution in [0.4, 0.5) is 22.7 Å². The molecule has 0 aliphatic carbocycles. The van der Waals surface area contributed by atoms with Crippen LogP contribution in [0, 0.1) is 0 Å². The molecule has 7 heteroatoms. The number of aromatic nitrogens is 2. The average molecular weight is 1210 g/mol. The van der Waals surface area contributed by atoms with E-state index in [0.29, 0.717) is 5.75 Å². The fourth-order valence-corrected chi connectivity index (χ4v) is 23.6. The minimum Gasteiger partial charge on any atom is -0.457 e.